The fraction of sp³-hybridized carbons (Fsp3) is 0.636. The van der Waals surface area contributed by atoms with Crippen molar-refractivity contribution in [3.63, 3.8) is 0 Å². The average molecular weight is 244 g/mol. The minimum Gasteiger partial charge on any atom is -0.345 e. The molecule has 1 heterocycles. The van der Waals surface area contributed by atoms with Crippen LogP contribution < -0.4 is 0 Å². The molecule has 1 aromatic heterocycles. The number of rotatable bonds is 2. The Kier molecular flexibility index (Phi) is 3.23. The number of aromatic nitrogens is 1. The molecule has 0 saturated carbocycles. The Balaban J connectivity index is 3.29. The predicted octanol–water partition coefficient (Wildman–Crippen LogP) is 4.26. The van der Waals surface area contributed by atoms with E-state index in [2.05, 4.69) is 61.2 Å². The minimum absolute atomic E-state index is 0.545. The van der Waals surface area contributed by atoms with Gasteiger partial charge in [-0.3, -0.25) is 0 Å². The SMILES string of the molecule is Cc1cc(Br)c(C(C)C)n1C(C)C. The number of halogens is 1. The first kappa shape index (κ1) is 10.8. The summed E-state index contributed by atoms with van der Waals surface area (Å²) in [6.45, 7) is 11.1. The van der Waals surface area contributed by atoms with Crippen LogP contribution in [0, 0.1) is 6.92 Å². The summed E-state index contributed by atoms with van der Waals surface area (Å²) in [6.07, 6.45) is 0. The Labute approximate surface area is 89.3 Å². The summed E-state index contributed by atoms with van der Waals surface area (Å²) in [5.74, 6) is 0.575. The van der Waals surface area contributed by atoms with Gasteiger partial charge in [0.05, 0.1) is 0 Å². The van der Waals surface area contributed by atoms with E-state index in [0.29, 0.717) is 12.0 Å². The van der Waals surface area contributed by atoms with E-state index in [4.69, 9.17) is 0 Å². The van der Waals surface area contributed by atoms with E-state index in [1.165, 1.54) is 15.9 Å². The summed E-state index contributed by atoms with van der Waals surface area (Å²) in [5.41, 5.74) is 2.75. The van der Waals surface area contributed by atoms with Crippen LogP contribution in [-0.2, 0) is 0 Å². The Morgan fingerprint density at radius 1 is 1.23 bits per heavy atom. The van der Waals surface area contributed by atoms with Gasteiger partial charge in [0.25, 0.3) is 0 Å². The van der Waals surface area contributed by atoms with Crippen molar-refractivity contribution in [3.05, 3.63) is 21.9 Å². The summed E-state index contributed by atoms with van der Waals surface area (Å²) in [5, 5.41) is 0. The molecule has 2 heteroatoms. The fourth-order valence-electron chi connectivity index (χ4n) is 1.87. The van der Waals surface area contributed by atoms with Crippen molar-refractivity contribution in [2.45, 2.75) is 46.6 Å². The fourth-order valence-corrected chi connectivity index (χ4v) is 2.85. The topological polar surface area (TPSA) is 4.93 Å². The first-order valence-corrected chi connectivity index (χ1v) is 5.61. The van der Waals surface area contributed by atoms with Gasteiger partial charge in [0.15, 0.2) is 0 Å². The third-order valence-corrected chi connectivity index (χ3v) is 2.92. The molecule has 0 atom stereocenters. The highest BCUT2D eigenvalue weighted by Gasteiger charge is 2.15. The molecule has 0 bridgehead atoms. The highest BCUT2D eigenvalue weighted by atomic mass is 79.9. The molecule has 0 aromatic carbocycles. The highest BCUT2D eigenvalue weighted by Crippen LogP contribution is 2.30. The molecule has 0 aliphatic carbocycles. The van der Waals surface area contributed by atoms with Crippen molar-refractivity contribution in [3.8, 4) is 0 Å². The van der Waals surface area contributed by atoms with Crippen molar-refractivity contribution in [2.24, 2.45) is 0 Å². The van der Waals surface area contributed by atoms with Crippen LogP contribution in [-0.4, -0.2) is 4.57 Å². The summed E-state index contributed by atoms with van der Waals surface area (Å²) >= 11 is 3.62. The predicted molar refractivity (Wildman–Crippen MR) is 61.3 cm³/mol. The van der Waals surface area contributed by atoms with E-state index in [-0.39, 0.29) is 0 Å². The maximum Gasteiger partial charge on any atom is 0.0390 e. The molecule has 0 aliphatic rings. The van der Waals surface area contributed by atoms with E-state index in [1.807, 2.05) is 0 Å². The Hall–Kier alpha value is -0.240. The minimum atomic E-state index is 0.545. The number of nitrogens with zero attached hydrogens (tertiary/aromatic N) is 1. The summed E-state index contributed by atoms with van der Waals surface area (Å²) in [7, 11) is 0. The molecular weight excluding hydrogens is 226 g/mol. The van der Waals surface area contributed by atoms with E-state index in [0.717, 1.165) is 0 Å². The summed E-state index contributed by atoms with van der Waals surface area (Å²) in [6, 6.07) is 2.75. The highest BCUT2D eigenvalue weighted by molar-refractivity contribution is 9.10. The van der Waals surface area contributed by atoms with Crippen LogP contribution in [0.25, 0.3) is 0 Å². The summed E-state index contributed by atoms with van der Waals surface area (Å²) in [4.78, 5) is 0. The number of hydrogen-bond acceptors (Lipinski definition) is 0. The van der Waals surface area contributed by atoms with E-state index < -0.39 is 0 Å². The molecule has 0 spiro atoms. The molecule has 0 unspecified atom stereocenters. The summed E-state index contributed by atoms with van der Waals surface area (Å²) < 4.78 is 3.64. The Bertz CT molecular complexity index is 269. The molecule has 0 amide bonds. The molecular formula is C11H18BrN. The van der Waals surface area contributed by atoms with Gasteiger partial charge >= 0.3 is 0 Å². The van der Waals surface area contributed by atoms with Gasteiger partial charge < -0.3 is 4.57 Å². The molecule has 0 radical (unpaired) electrons. The third-order valence-electron chi connectivity index (χ3n) is 2.28. The molecule has 0 aliphatic heterocycles. The lowest BCUT2D eigenvalue weighted by Gasteiger charge is -2.18. The normalized spacial score (nSPS) is 11.7. The van der Waals surface area contributed by atoms with Crippen molar-refractivity contribution in [1.29, 1.82) is 0 Å². The van der Waals surface area contributed by atoms with Crippen LogP contribution in [0.5, 0.6) is 0 Å². The van der Waals surface area contributed by atoms with Crippen LogP contribution >= 0.6 is 15.9 Å². The zero-order valence-electron chi connectivity index (χ0n) is 9.06. The van der Waals surface area contributed by atoms with Crippen molar-refractivity contribution >= 4 is 15.9 Å². The average Bonchev–Trinajstić information content (AvgIpc) is 2.24. The van der Waals surface area contributed by atoms with Crippen molar-refractivity contribution in [1.82, 2.24) is 4.57 Å². The van der Waals surface area contributed by atoms with Crippen molar-refractivity contribution in [2.75, 3.05) is 0 Å². The van der Waals surface area contributed by atoms with Crippen LogP contribution in [0.3, 0.4) is 0 Å². The van der Waals surface area contributed by atoms with Gasteiger partial charge in [-0.25, -0.2) is 0 Å². The van der Waals surface area contributed by atoms with Crippen LogP contribution in [0.1, 0.15) is 51.0 Å². The molecule has 13 heavy (non-hydrogen) atoms. The lowest BCUT2D eigenvalue weighted by atomic mass is 10.1. The van der Waals surface area contributed by atoms with Gasteiger partial charge in [0.1, 0.15) is 0 Å². The first-order chi connectivity index (χ1) is 5.95. The number of hydrogen-bond donors (Lipinski definition) is 0. The smallest absolute Gasteiger partial charge is 0.0390 e. The second-order valence-corrected chi connectivity index (χ2v) is 4.99. The molecule has 0 fully saturated rings. The van der Waals surface area contributed by atoms with Gasteiger partial charge in [0.2, 0.25) is 0 Å². The maximum absolute atomic E-state index is 3.62. The molecule has 1 rings (SSSR count). The zero-order valence-corrected chi connectivity index (χ0v) is 10.6. The van der Waals surface area contributed by atoms with Gasteiger partial charge in [-0.2, -0.15) is 0 Å². The molecule has 0 N–H and O–H groups in total. The first-order valence-electron chi connectivity index (χ1n) is 4.82. The van der Waals surface area contributed by atoms with Gasteiger partial charge in [0, 0.05) is 21.9 Å². The maximum atomic E-state index is 3.62. The number of aryl methyl sites for hydroxylation is 1. The van der Waals surface area contributed by atoms with Gasteiger partial charge in [-0.1, -0.05) is 13.8 Å². The molecule has 1 nitrogen and oxygen atoms in total. The van der Waals surface area contributed by atoms with E-state index >= 15 is 0 Å². The quantitative estimate of drug-likeness (QED) is 0.732. The third kappa shape index (κ3) is 1.98. The lowest BCUT2D eigenvalue weighted by molar-refractivity contribution is 0.546. The monoisotopic (exact) mass is 243 g/mol. The zero-order chi connectivity index (χ0) is 10.2. The second-order valence-electron chi connectivity index (χ2n) is 4.14. The van der Waals surface area contributed by atoms with E-state index in [1.54, 1.807) is 0 Å². The Morgan fingerprint density at radius 3 is 2.08 bits per heavy atom. The Morgan fingerprint density at radius 2 is 1.77 bits per heavy atom. The van der Waals surface area contributed by atoms with Crippen LogP contribution in [0.15, 0.2) is 10.5 Å². The lowest BCUT2D eigenvalue weighted by Crippen LogP contribution is -2.08. The molecule has 1 aromatic rings. The second kappa shape index (κ2) is 3.87. The molecule has 74 valence electrons. The van der Waals surface area contributed by atoms with Crippen LogP contribution in [0.2, 0.25) is 0 Å². The van der Waals surface area contributed by atoms with Gasteiger partial charge in [-0.15, -0.1) is 0 Å². The van der Waals surface area contributed by atoms with Crippen LogP contribution in [0.4, 0.5) is 0 Å². The van der Waals surface area contributed by atoms with Crippen molar-refractivity contribution < 1.29 is 0 Å². The standard InChI is InChI=1S/C11H18BrN/c1-7(2)11-10(12)6-9(5)13(11)8(3)4/h6-8H,1-5H3. The molecule has 0 saturated heterocycles. The van der Waals surface area contributed by atoms with Gasteiger partial charge in [-0.05, 0) is 48.7 Å². The van der Waals surface area contributed by atoms with E-state index in [9.17, 15) is 0 Å². The largest absolute Gasteiger partial charge is 0.345 e.